The topological polar surface area (TPSA) is 44.4 Å². The quantitative estimate of drug-likeness (QED) is 0.854. The number of likely N-dealkylation sites (N-methyl/N-ethyl adjacent to an activating group) is 1. The van der Waals surface area contributed by atoms with Crippen molar-refractivity contribution in [3.63, 3.8) is 0 Å². The Bertz CT molecular complexity index is 430. The number of carbonyl (C=O) groups excluding carboxylic acids is 1. The summed E-state index contributed by atoms with van der Waals surface area (Å²) in [6.07, 6.45) is 2.22. The fourth-order valence-corrected chi connectivity index (χ4v) is 2.20. The molecule has 1 aromatic rings. The molecule has 0 atom stereocenters. The highest BCUT2D eigenvalue weighted by atomic mass is 19.1. The number of amides is 1. The van der Waals surface area contributed by atoms with Crippen LogP contribution in [0.2, 0.25) is 0 Å². The molecular formula is C13H18FN3O. The van der Waals surface area contributed by atoms with Crippen molar-refractivity contribution in [3.8, 4) is 0 Å². The van der Waals surface area contributed by atoms with Gasteiger partial charge in [0.15, 0.2) is 0 Å². The van der Waals surface area contributed by atoms with Crippen LogP contribution in [-0.4, -0.2) is 32.6 Å². The Morgan fingerprint density at radius 1 is 1.39 bits per heavy atom. The maximum atomic E-state index is 13.8. The number of para-hydroxylation sites is 1. The van der Waals surface area contributed by atoms with E-state index in [4.69, 9.17) is 0 Å². The van der Waals surface area contributed by atoms with Crippen LogP contribution >= 0.6 is 0 Å². The van der Waals surface area contributed by atoms with Gasteiger partial charge in [0.2, 0.25) is 5.91 Å². The summed E-state index contributed by atoms with van der Waals surface area (Å²) in [5.41, 5.74) is 1.07. The molecule has 1 aliphatic rings. The van der Waals surface area contributed by atoms with Gasteiger partial charge in [0, 0.05) is 13.1 Å². The van der Waals surface area contributed by atoms with E-state index in [1.807, 2.05) is 6.07 Å². The summed E-state index contributed by atoms with van der Waals surface area (Å²) in [4.78, 5) is 13.7. The lowest BCUT2D eigenvalue weighted by molar-refractivity contribution is -0.115. The Morgan fingerprint density at radius 2 is 2.11 bits per heavy atom. The molecule has 1 aromatic carbocycles. The lowest BCUT2D eigenvalue weighted by atomic mass is 10.2. The largest absolute Gasteiger partial charge is 0.370 e. The van der Waals surface area contributed by atoms with Crippen molar-refractivity contribution in [3.05, 3.63) is 24.0 Å². The van der Waals surface area contributed by atoms with Gasteiger partial charge in [-0.05, 0) is 32.0 Å². The van der Waals surface area contributed by atoms with Crippen molar-refractivity contribution in [2.75, 3.05) is 36.9 Å². The van der Waals surface area contributed by atoms with Gasteiger partial charge in [-0.15, -0.1) is 0 Å². The number of carbonyl (C=O) groups is 1. The molecule has 0 bridgehead atoms. The highest BCUT2D eigenvalue weighted by molar-refractivity contribution is 5.95. The van der Waals surface area contributed by atoms with Gasteiger partial charge in [0.05, 0.1) is 12.2 Å². The monoisotopic (exact) mass is 251 g/mol. The molecule has 1 saturated heterocycles. The molecule has 0 aliphatic carbocycles. The number of hydrogen-bond acceptors (Lipinski definition) is 3. The molecule has 1 heterocycles. The third kappa shape index (κ3) is 2.79. The number of hydrogen-bond donors (Lipinski definition) is 2. The minimum Gasteiger partial charge on any atom is -0.370 e. The van der Waals surface area contributed by atoms with Crippen molar-refractivity contribution in [1.29, 1.82) is 0 Å². The zero-order valence-electron chi connectivity index (χ0n) is 10.5. The van der Waals surface area contributed by atoms with Crippen LogP contribution in [0.1, 0.15) is 12.8 Å². The van der Waals surface area contributed by atoms with Crippen molar-refractivity contribution in [2.24, 2.45) is 0 Å². The molecule has 18 heavy (non-hydrogen) atoms. The SMILES string of the molecule is CNCC(=O)Nc1c(F)cccc1N1CCCC1. The average Bonchev–Trinajstić information content (AvgIpc) is 2.85. The molecule has 1 fully saturated rings. The standard InChI is InChI=1S/C13H18FN3O/c1-15-9-12(18)16-13-10(14)5-4-6-11(13)17-7-2-3-8-17/h4-6,15H,2-3,7-9H2,1H3,(H,16,18). The van der Waals surface area contributed by atoms with Crippen molar-refractivity contribution in [2.45, 2.75) is 12.8 Å². The number of rotatable bonds is 4. The number of benzene rings is 1. The summed E-state index contributed by atoms with van der Waals surface area (Å²) < 4.78 is 13.8. The summed E-state index contributed by atoms with van der Waals surface area (Å²) in [5, 5.41) is 5.39. The van der Waals surface area contributed by atoms with Crippen LogP contribution in [0, 0.1) is 5.82 Å². The molecular weight excluding hydrogens is 233 g/mol. The first-order valence-corrected chi connectivity index (χ1v) is 6.20. The fourth-order valence-electron chi connectivity index (χ4n) is 2.20. The molecule has 4 nitrogen and oxygen atoms in total. The van der Waals surface area contributed by atoms with E-state index in [1.165, 1.54) is 6.07 Å². The first-order valence-electron chi connectivity index (χ1n) is 6.20. The Morgan fingerprint density at radius 3 is 2.78 bits per heavy atom. The van der Waals surface area contributed by atoms with E-state index >= 15 is 0 Å². The summed E-state index contributed by atoms with van der Waals surface area (Å²) in [6, 6.07) is 4.90. The molecule has 5 heteroatoms. The van der Waals surface area contributed by atoms with Gasteiger partial charge in [-0.3, -0.25) is 4.79 Å². The number of nitrogens with one attached hydrogen (secondary N) is 2. The van der Waals surface area contributed by atoms with E-state index in [0.717, 1.165) is 31.6 Å². The molecule has 1 aliphatic heterocycles. The van der Waals surface area contributed by atoms with Crippen LogP contribution in [0.25, 0.3) is 0 Å². The second-order valence-electron chi connectivity index (χ2n) is 4.41. The zero-order chi connectivity index (χ0) is 13.0. The Balaban J connectivity index is 2.23. The third-order valence-corrected chi connectivity index (χ3v) is 3.04. The highest BCUT2D eigenvalue weighted by Crippen LogP contribution is 2.31. The fraction of sp³-hybridized carbons (Fsp3) is 0.462. The zero-order valence-corrected chi connectivity index (χ0v) is 10.5. The molecule has 0 saturated carbocycles. The minimum absolute atomic E-state index is 0.174. The normalized spacial score (nSPS) is 14.9. The van der Waals surface area contributed by atoms with E-state index in [2.05, 4.69) is 15.5 Å². The Labute approximate surface area is 106 Å². The molecule has 0 unspecified atom stereocenters. The summed E-state index contributed by atoms with van der Waals surface area (Å²) >= 11 is 0. The molecule has 0 aromatic heterocycles. The number of nitrogens with zero attached hydrogens (tertiary/aromatic N) is 1. The lowest BCUT2D eigenvalue weighted by Crippen LogP contribution is -2.27. The molecule has 98 valence electrons. The van der Waals surface area contributed by atoms with Crippen LogP contribution in [0.5, 0.6) is 0 Å². The molecule has 2 N–H and O–H groups in total. The van der Waals surface area contributed by atoms with Crippen LogP contribution in [0.15, 0.2) is 18.2 Å². The first-order chi connectivity index (χ1) is 8.72. The molecule has 1 amide bonds. The second kappa shape index (κ2) is 5.82. The maximum absolute atomic E-state index is 13.8. The number of halogens is 1. The van der Waals surface area contributed by atoms with E-state index in [-0.39, 0.29) is 18.3 Å². The predicted octanol–water partition coefficient (Wildman–Crippen LogP) is 1.58. The van der Waals surface area contributed by atoms with Gasteiger partial charge in [0.25, 0.3) is 0 Å². The van der Waals surface area contributed by atoms with Crippen LogP contribution in [-0.2, 0) is 4.79 Å². The van der Waals surface area contributed by atoms with Gasteiger partial charge in [-0.2, -0.15) is 0 Å². The van der Waals surface area contributed by atoms with Crippen molar-refractivity contribution < 1.29 is 9.18 Å². The van der Waals surface area contributed by atoms with E-state index < -0.39 is 0 Å². The third-order valence-electron chi connectivity index (χ3n) is 3.04. The van der Waals surface area contributed by atoms with Gasteiger partial charge in [-0.1, -0.05) is 6.07 Å². The molecule has 0 spiro atoms. The highest BCUT2D eigenvalue weighted by Gasteiger charge is 2.19. The van der Waals surface area contributed by atoms with Gasteiger partial charge < -0.3 is 15.5 Å². The minimum atomic E-state index is -0.385. The number of anilines is 2. The predicted molar refractivity (Wildman–Crippen MR) is 70.4 cm³/mol. The van der Waals surface area contributed by atoms with E-state index in [0.29, 0.717) is 5.69 Å². The first kappa shape index (κ1) is 12.8. The van der Waals surface area contributed by atoms with Crippen LogP contribution in [0.3, 0.4) is 0 Å². The summed E-state index contributed by atoms with van der Waals surface area (Å²) in [7, 11) is 1.68. The summed E-state index contributed by atoms with van der Waals surface area (Å²) in [5.74, 6) is -0.619. The van der Waals surface area contributed by atoms with Crippen molar-refractivity contribution >= 4 is 17.3 Å². The maximum Gasteiger partial charge on any atom is 0.238 e. The van der Waals surface area contributed by atoms with Gasteiger partial charge >= 0.3 is 0 Å². The molecule has 2 rings (SSSR count). The molecule has 0 radical (unpaired) electrons. The van der Waals surface area contributed by atoms with Crippen molar-refractivity contribution in [1.82, 2.24) is 5.32 Å². The average molecular weight is 251 g/mol. The summed E-state index contributed by atoms with van der Waals surface area (Å²) in [6.45, 7) is 2.00. The van der Waals surface area contributed by atoms with Gasteiger partial charge in [-0.25, -0.2) is 4.39 Å². The van der Waals surface area contributed by atoms with Crippen LogP contribution in [0.4, 0.5) is 15.8 Å². The van der Waals surface area contributed by atoms with E-state index in [9.17, 15) is 9.18 Å². The lowest BCUT2D eigenvalue weighted by Gasteiger charge is -2.21. The smallest absolute Gasteiger partial charge is 0.238 e. The van der Waals surface area contributed by atoms with E-state index in [1.54, 1.807) is 13.1 Å². The Hall–Kier alpha value is -1.62. The van der Waals surface area contributed by atoms with Gasteiger partial charge in [0.1, 0.15) is 11.5 Å². The Kier molecular flexibility index (Phi) is 4.15. The second-order valence-corrected chi connectivity index (χ2v) is 4.41. The van der Waals surface area contributed by atoms with Crippen LogP contribution < -0.4 is 15.5 Å².